The summed E-state index contributed by atoms with van der Waals surface area (Å²) in [6, 6.07) is 12.4. The molecule has 4 rings (SSSR count). The number of benzene rings is 1. The molecule has 0 unspecified atom stereocenters. The quantitative estimate of drug-likeness (QED) is 0.631. The van der Waals surface area contributed by atoms with Gasteiger partial charge < -0.3 is 20.4 Å². The molecule has 7 heteroatoms. The Balaban J connectivity index is 1.53. The molecular weight excluding hydrogens is 416 g/mol. The van der Waals surface area contributed by atoms with Gasteiger partial charge in [-0.05, 0) is 48.9 Å². The highest BCUT2D eigenvalue weighted by molar-refractivity contribution is 7.80. The van der Waals surface area contributed by atoms with Crippen molar-refractivity contribution in [1.82, 2.24) is 15.3 Å². The van der Waals surface area contributed by atoms with Gasteiger partial charge in [0, 0.05) is 38.8 Å². The van der Waals surface area contributed by atoms with Crippen LogP contribution in [0, 0.1) is 11.8 Å². The zero-order valence-electron chi connectivity index (χ0n) is 19.4. The van der Waals surface area contributed by atoms with E-state index in [2.05, 4.69) is 52.5 Å². The fourth-order valence-electron chi connectivity index (χ4n) is 4.88. The molecule has 6 nitrogen and oxygen atoms in total. The maximum atomic E-state index is 5.56. The Morgan fingerprint density at radius 1 is 0.938 bits per heavy atom. The minimum absolute atomic E-state index is 0.549. The Morgan fingerprint density at radius 3 is 2.22 bits per heavy atom. The molecule has 0 bridgehead atoms. The molecule has 2 N–H and O–H groups in total. The van der Waals surface area contributed by atoms with E-state index >= 15 is 0 Å². The number of anilines is 3. The van der Waals surface area contributed by atoms with Gasteiger partial charge >= 0.3 is 0 Å². The van der Waals surface area contributed by atoms with Crippen molar-refractivity contribution in [2.45, 2.75) is 52.5 Å². The summed E-state index contributed by atoms with van der Waals surface area (Å²) < 4.78 is 0. The Bertz CT molecular complexity index is 871. The van der Waals surface area contributed by atoms with Gasteiger partial charge in [-0.15, -0.1) is 0 Å². The zero-order chi connectivity index (χ0) is 22.3. The average molecular weight is 453 g/mol. The van der Waals surface area contributed by atoms with Crippen LogP contribution in [0.15, 0.2) is 36.4 Å². The molecule has 0 spiro atoms. The van der Waals surface area contributed by atoms with Crippen molar-refractivity contribution in [3.63, 3.8) is 0 Å². The molecule has 3 heterocycles. The summed E-state index contributed by atoms with van der Waals surface area (Å²) in [5.74, 6) is 3.93. The second-order valence-corrected chi connectivity index (χ2v) is 9.86. The van der Waals surface area contributed by atoms with Crippen LogP contribution in [-0.4, -0.2) is 41.3 Å². The molecule has 2 atom stereocenters. The lowest BCUT2D eigenvalue weighted by Gasteiger charge is -2.36. The van der Waals surface area contributed by atoms with Crippen LogP contribution in [0.3, 0.4) is 0 Å². The van der Waals surface area contributed by atoms with Gasteiger partial charge in [0.25, 0.3) is 0 Å². The summed E-state index contributed by atoms with van der Waals surface area (Å²) in [6.45, 7) is 9.53. The second kappa shape index (κ2) is 10.9. The number of thiocarbonyl (C=S) groups is 1. The fourth-order valence-corrected chi connectivity index (χ4v) is 5.04. The van der Waals surface area contributed by atoms with Gasteiger partial charge in [0.1, 0.15) is 11.6 Å². The van der Waals surface area contributed by atoms with Crippen LogP contribution in [0.2, 0.25) is 0 Å². The smallest absolute Gasteiger partial charge is 0.232 e. The molecule has 2 aliphatic rings. The Morgan fingerprint density at radius 2 is 1.56 bits per heavy atom. The SMILES string of the molecule is C[C@H]1C[C@H](C)CN(c2cc(N3CCCCCC3)nc(NC(=S)NCc3ccccc3)n2)C1. The summed E-state index contributed by atoms with van der Waals surface area (Å²) >= 11 is 5.56. The number of hydrogen-bond acceptors (Lipinski definition) is 5. The normalized spacial score (nSPS) is 21.7. The summed E-state index contributed by atoms with van der Waals surface area (Å²) in [4.78, 5) is 14.6. The number of nitrogens with zero attached hydrogens (tertiary/aromatic N) is 4. The largest absolute Gasteiger partial charge is 0.358 e. The van der Waals surface area contributed by atoms with Crippen molar-refractivity contribution < 1.29 is 0 Å². The summed E-state index contributed by atoms with van der Waals surface area (Å²) in [5, 5.41) is 7.09. The number of aromatic nitrogens is 2. The molecule has 0 radical (unpaired) electrons. The van der Waals surface area contributed by atoms with Gasteiger partial charge in [0.15, 0.2) is 5.11 Å². The lowest BCUT2D eigenvalue weighted by atomic mass is 9.92. The average Bonchev–Trinajstić information content (AvgIpc) is 3.07. The van der Waals surface area contributed by atoms with Crippen molar-refractivity contribution >= 4 is 34.9 Å². The van der Waals surface area contributed by atoms with Crippen molar-refractivity contribution in [3.05, 3.63) is 42.0 Å². The van der Waals surface area contributed by atoms with Gasteiger partial charge in [-0.1, -0.05) is 57.0 Å². The van der Waals surface area contributed by atoms with Crippen LogP contribution in [-0.2, 0) is 6.54 Å². The molecule has 2 aromatic rings. The number of rotatable bonds is 5. The van der Waals surface area contributed by atoms with E-state index in [1.807, 2.05) is 18.2 Å². The van der Waals surface area contributed by atoms with E-state index in [0.717, 1.165) is 37.8 Å². The molecule has 0 saturated carbocycles. The third-order valence-corrected chi connectivity index (χ3v) is 6.59. The van der Waals surface area contributed by atoms with Gasteiger partial charge in [-0.2, -0.15) is 9.97 Å². The van der Waals surface area contributed by atoms with Crippen molar-refractivity contribution in [1.29, 1.82) is 0 Å². The first-order valence-electron chi connectivity index (χ1n) is 12.0. The predicted octanol–water partition coefficient (Wildman–Crippen LogP) is 4.83. The second-order valence-electron chi connectivity index (χ2n) is 9.45. The molecule has 2 saturated heterocycles. The van der Waals surface area contributed by atoms with Crippen LogP contribution in [0.5, 0.6) is 0 Å². The maximum absolute atomic E-state index is 5.56. The molecule has 1 aromatic carbocycles. The summed E-state index contributed by atoms with van der Waals surface area (Å²) in [6.07, 6.45) is 6.31. The van der Waals surface area contributed by atoms with Crippen LogP contribution in [0.25, 0.3) is 0 Å². The standard InChI is InChI=1S/C25H36N6S/c1-19-14-20(2)18-31(17-19)23-15-22(30-12-8-3-4-9-13-30)27-24(28-23)29-25(32)26-16-21-10-6-5-7-11-21/h5-7,10-11,15,19-20H,3-4,8-9,12-14,16-18H2,1-2H3,(H2,26,27,28,29,32)/t19-,20-/m0/s1. The Kier molecular flexibility index (Phi) is 7.79. The van der Waals surface area contributed by atoms with E-state index in [9.17, 15) is 0 Å². The van der Waals surface area contributed by atoms with Gasteiger partial charge in [-0.3, -0.25) is 0 Å². The summed E-state index contributed by atoms with van der Waals surface area (Å²) in [7, 11) is 0. The number of nitrogens with one attached hydrogen (secondary N) is 2. The third kappa shape index (κ3) is 6.31. The van der Waals surface area contributed by atoms with Crippen LogP contribution < -0.4 is 20.4 Å². The van der Waals surface area contributed by atoms with E-state index in [0.29, 0.717) is 29.4 Å². The molecule has 32 heavy (non-hydrogen) atoms. The monoisotopic (exact) mass is 452 g/mol. The van der Waals surface area contributed by atoms with Crippen molar-refractivity contribution in [2.24, 2.45) is 11.8 Å². The third-order valence-electron chi connectivity index (χ3n) is 6.34. The van der Waals surface area contributed by atoms with Crippen LogP contribution in [0.4, 0.5) is 17.6 Å². The fraction of sp³-hybridized carbons (Fsp3) is 0.560. The zero-order valence-corrected chi connectivity index (χ0v) is 20.2. The van der Waals surface area contributed by atoms with Gasteiger partial charge in [0.05, 0.1) is 0 Å². The Hall–Kier alpha value is -2.41. The van der Waals surface area contributed by atoms with E-state index in [1.54, 1.807) is 0 Å². The number of piperidine rings is 1. The highest BCUT2D eigenvalue weighted by atomic mass is 32.1. The van der Waals surface area contributed by atoms with E-state index in [4.69, 9.17) is 22.2 Å². The van der Waals surface area contributed by atoms with E-state index in [1.165, 1.54) is 37.7 Å². The molecule has 0 amide bonds. The first kappa shape index (κ1) is 22.8. The molecule has 2 aliphatic heterocycles. The lowest BCUT2D eigenvalue weighted by molar-refractivity contribution is 0.355. The Labute approximate surface area is 197 Å². The summed E-state index contributed by atoms with van der Waals surface area (Å²) in [5.41, 5.74) is 1.19. The molecule has 1 aromatic heterocycles. The first-order valence-corrected chi connectivity index (χ1v) is 12.5. The maximum Gasteiger partial charge on any atom is 0.232 e. The van der Waals surface area contributed by atoms with Gasteiger partial charge in [0.2, 0.25) is 5.95 Å². The van der Waals surface area contributed by atoms with E-state index < -0.39 is 0 Å². The topological polar surface area (TPSA) is 56.3 Å². The van der Waals surface area contributed by atoms with Gasteiger partial charge in [-0.25, -0.2) is 0 Å². The van der Waals surface area contributed by atoms with E-state index in [-0.39, 0.29) is 0 Å². The molecular formula is C25H36N6S. The highest BCUT2D eigenvalue weighted by Gasteiger charge is 2.24. The first-order chi connectivity index (χ1) is 15.6. The van der Waals surface area contributed by atoms with Crippen molar-refractivity contribution in [2.75, 3.05) is 41.3 Å². The minimum atomic E-state index is 0.549. The highest BCUT2D eigenvalue weighted by Crippen LogP contribution is 2.29. The number of hydrogen-bond donors (Lipinski definition) is 2. The minimum Gasteiger partial charge on any atom is -0.358 e. The molecule has 0 aliphatic carbocycles. The van der Waals surface area contributed by atoms with Crippen LogP contribution >= 0.6 is 12.2 Å². The molecule has 172 valence electrons. The van der Waals surface area contributed by atoms with Crippen molar-refractivity contribution in [3.8, 4) is 0 Å². The molecule has 2 fully saturated rings. The predicted molar refractivity (Wildman–Crippen MR) is 137 cm³/mol. The lowest BCUT2D eigenvalue weighted by Crippen LogP contribution is -2.39. The van der Waals surface area contributed by atoms with Crippen LogP contribution in [0.1, 0.15) is 51.5 Å².